The monoisotopic (exact) mass is 223 g/mol. The second-order valence-electron chi connectivity index (χ2n) is 5.72. The van der Waals surface area contributed by atoms with Crippen LogP contribution in [-0.4, -0.2) is 25.7 Å². The third kappa shape index (κ3) is 2.78. The van der Waals surface area contributed by atoms with Gasteiger partial charge in [-0.15, -0.1) is 5.10 Å². The van der Waals surface area contributed by atoms with E-state index in [9.17, 15) is 0 Å². The van der Waals surface area contributed by atoms with Crippen LogP contribution in [0.2, 0.25) is 0 Å². The van der Waals surface area contributed by atoms with Gasteiger partial charge >= 0.3 is 0 Å². The number of rotatable bonds is 4. The Morgan fingerprint density at radius 1 is 1.44 bits per heavy atom. The minimum absolute atomic E-state index is 0.0968. The van der Waals surface area contributed by atoms with Crippen LogP contribution in [0.3, 0.4) is 0 Å². The fraction of sp³-hybridized carbons (Fsp3) is 0.909. The number of nitrogens with zero attached hydrogens (tertiary/aromatic N) is 4. The Labute approximate surface area is 96.6 Å². The Hall–Kier alpha value is -0.970. The zero-order valence-electron chi connectivity index (χ0n) is 10.6. The molecule has 1 aromatic rings. The lowest BCUT2D eigenvalue weighted by molar-refractivity contribution is 0.378. The van der Waals surface area contributed by atoms with E-state index in [2.05, 4.69) is 48.5 Å². The Morgan fingerprint density at radius 3 is 2.69 bits per heavy atom. The first-order valence-corrected chi connectivity index (χ1v) is 5.99. The minimum atomic E-state index is 0.0968. The van der Waals surface area contributed by atoms with Gasteiger partial charge in [0.05, 0.1) is 12.6 Å². The summed E-state index contributed by atoms with van der Waals surface area (Å²) in [5.74, 6) is 1.71. The fourth-order valence-electron chi connectivity index (χ4n) is 1.77. The average molecular weight is 223 g/mol. The van der Waals surface area contributed by atoms with Gasteiger partial charge in [-0.2, -0.15) is 0 Å². The van der Waals surface area contributed by atoms with E-state index in [0.29, 0.717) is 6.04 Å². The highest BCUT2D eigenvalue weighted by molar-refractivity contribution is 4.90. The largest absolute Gasteiger partial charge is 0.305 e. The van der Waals surface area contributed by atoms with E-state index in [1.165, 1.54) is 12.8 Å². The van der Waals surface area contributed by atoms with Crippen LogP contribution in [0.1, 0.15) is 52.4 Å². The molecule has 5 heteroatoms. The zero-order chi connectivity index (χ0) is 11.8. The van der Waals surface area contributed by atoms with Gasteiger partial charge in [-0.25, -0.2) is 4.68 Å². The fourth-order valence-corrected chi connectivity index (χ4v) is 1.77. The van der Waals surface area contributed by atoms with E-state index in [4.69, 9.17) is 0 Å². The zero-order valence-corrected chi connectivity index (χ0v) is 10.6. The first-order chi connectivity index (χ1) is 7.47. The summed E-state index contributed by atoms with van der Waals surface area (Å²) in [4.78, 5) is 0. The predicted molar refractivity (Wildman–Crippen MR) is 61.8 cm³/mol. The molecule has 0 bridgehead atoms. The number of hydrogen-bond acceptors (Lipinski definition) is 4. The van der Waals surface area contributed by atoms with Gasteiger partial charge in [0, 0.05) is 5.54 Å². The second kappa shape index (κ2) is 4.13. The molecule has 0 aliphatic heterocycles. The summed E-state index contributed by atoms with van der Waals surface area (Å²) in [6.45, 7) is 9.37. The highest BCUT2D eigenvalue weighted by Gasteiger charge is 2.31. The lowest BCUT2D eigenvalue weighted by atomic mass is 10.1. The van der Waals surface area contributed by atoms with E-state index in [1.54, 1.807) is 0 Å². The topological polar surface area (TPSA) is 55.6 Å². The average Bonchev–Trinajstić information content (AvgIpc) is 2.92. The summed E-state index contributed by atoms with van der Waals surface area (Å²) in [5.41, 5.74) is 0.0968. The lowest BCUT2D eigenvalue weighted by Gasteiger charge is -2.20. The SMILES string of the molecule is CC(C1CC1)n1nnnc1CNC(C)(C)C. The van der Waals surface area contributed by atoms with Gasteiger partial charge in [0.15, 0.2) is 5.82 Å². The smallest absolute Gasteiger partial charge is 0.165 e. The molecule has 1 saturated carbocycles. The minimum Gasteiger partial charge on any atom is -0.305 e. The van der Waals surface area contributed by atoms with Crippen LogP contribution in [0.15, 0.2) is 0 Å². The van der Waals surface area contributed by atoms with E-state index in [0.717, 1.165) is 18.3 Å². The Balaban J connectivity index is 2.01. The summed E-state index contributed by atoms with van der Waals surface area (Å²) in [6, 6.07) is 0.437. The van der Waals surface area contributed by atoms with E-state index >= 15 is 0 Å². The van der Waals surface area contributed by atoms with Crippen LogP contribution in [0.5, 0.6) is 0 Å². The van der Waals surface area contributed by atoms with Crippen molar-refractivity contribution in [3.05, 3.63) is 5.82 Å². The van der Waals surface area contributed by atoms with Gasteiger partial charge < -0.3 is 5.32 Å². The van der Waals surface area contributed by atoms with Gasteiger partial charge in [0.1, 0.15) is 0 Å². The second-order valence-corrected chi connectivity index (χ2v) is 5.72. The van der Waals surface area contributed by atoms with Crippen LogP contribution in [0, 0.1) is 5.92 Å². The molecule has 1 aliphatic carbocycles. The van der Waals surface area contributed by atoms with Crippen molar-refractivity contribution >= 4 is 0 Å². The van der Waals surface area contributed by atoms with Gasteiger partial charge in [-0.05, 0) is 56.9 Å². The number of nitrogens with one attached hydrogen (secondary N) is 1. The van der Waals surface area contributed by atoms with Crippen molar-refractivity contribution in [1.82, 2.24) is 25.5 Å². The molecule has 1 unspecified atom stereocenters. The highest BCUT2D eigenvalue weighted by Crippen LogP contribution is 2.39. The molecule has 0 saturated heterocycles. The lowest BCUT2D eigenvalue weighted by Crippen LogP contribution is -2.36. The van der Waals surface area contributed by atoms with Gasteiger partial charge in [-0.3, -0.25) is 0 Å². The maximum absolute atomic E-state index is 4.09. The quantitative estimate of drug-likeness (QED) is 0.841. The Kier molecular flexibility index (Phi) is 2.97. The number of tetrazole rings is 1. The summed E-state index contributed by atoms with van der Waals surface area (Å²) in [7, 11) is 0. The third-order valence-corrected chi connectivity index (χ3v) is 3.03. The molecule has 1 N–H and O–H groups in total. The third-order valence-electron chi connectivity index (χ3n) is 3.03. The molecule has 16 heavy (non-hydrogen) atoms. The normalized spacial score (nSPS) is 18.8. The summed E-state index contributed by atoms with van der Waals surface area (Å²) in [6.07, 6.45) is 2.63. The molecule has 0 radical (unpaired) electrons. The van der Waals surface area contributed by atoms with Gasteiger partial charge in [0.2, 0.25) is 0 Å². The molecule has 1 heterocycles. The van der Waals surface area contributed by atoms with Crippen molar-refractivity contribution in [2.24, 2.45) is 5.92 Å². The molecule has 1 fully saturated rings. The Morgan fingerprint density at radius 2 is 2.12 bits per heavy atom. The molecule has 5 nitrogen and oxygen atoms in total. The molecule has 0 amide bonds. The van der Waals surface area contributed by atoms with Crippen LogP contribution < -0.4 is 5.32 Å². The van der Waals surface area contributed by atoms with Crippen molar-refractivity contribution < 1.29 is 0 Å². The molecule has 1 aromatic heterocycles. The van der Waals surface area contributed by atoms with Crippen LogP contribution in [-0.2, 0) is 6.54 Å². The summed E-state index contributed by atoms with van der Waals surface area (Å²) in [5, 5.41) is 15.4. The van der Waals surface area contributed by atoms with Gasteiger partial charge in [-0.1, -0.05) is 0 Å². The molecular weight excluding hydrogens is 202 g/mol. The molecule has 1 atom stereocenters. The van der Waals surface area contributed by atoms with E-state index < -0.39 is 0 Å². The van der Waals surface area contributed by atoms with Crippen molar-refractivity contribution in [2.75, 3.05) is 0 Å². The standard InChI is InChI=1S/C11H21N5/c1-8(9-5-6-9)16-10(13-14-15-16)7-12-11(2,3)4/h8-9,12H,5-7H2,1-4H3. The van der Waals surface area contributed by atoms with Crippen molar-refractivity contribution in [3.8, 4) is 0 Å². The number of aromatic nitrogens is 4. The molecule has 90 valence electrons. The van der Waals surface area contributed by atoms with E-state index in [1.807, 2.05) is 4.68 Å². The molecule has 0 aromatic carbocycles. The molecule has 2 rings (SSSR count). The summed E-state index contributed by atoms with van der Waals surface area (Å²) < 4.78 is 1.97. The van der Waals surface area contributed by atoms with Crippen molar-refractivity contribution in [1.29, 1.82) is 0 Å². The molecular formula is C11H21N5. The maximum Gasteiger partial charge on any atom is 0.165 e. The molecule has 1 aliphatic rings. The predicted octanol–water partition coefficient (Wildman–Crippen LogP) is 1.53. The van der Waals surface area contributed by atoms with Crippen LogP contribution in [0.4, 0.5) is 0 Å². The summed E-state index contributed by atoms with van der Waals surface area (Å²) >= 11 is 0. The van der Waals surface area contributed by atoms with Crippen LogP contribution in [0.25, 0.3) is 0 Å². The van der Waals surface area contributed by atoms with Crippen LogP contribution >= 0.6 is 0 Å². The number of hydrogen-bond donors (Lipinski definition) is 1. The van der Waals surface area contributed by atoms with E-state index in [-0.39, 0.29) is 5.54 Å². The van der Waals surface area contributed by atoms with Crippen molar-refractivity contribution in [2.45, 2.75) is 58.7 Å². The van der Waals surface area contributed by atoms with Gasteiger partial charge in [0.25, 0.3) is 0 Å². The first kappa shape index (κ1) is 11.5. The highest BCUT2D eigenvalue weighted by atomic mass is 15.6. The first-order valence-electron chi connectivity index (χ1n) is 5.99. The Bertz CT molecular complexity index is 348. The maximum atomic E-state index is 4.09. The van der Waals surface area contributed by atoms with Crippen molar-refractivity contribution in [3.63, 3.8) is 0 Å². The molecule has 0 spiro atoms.